The first-order chi connectivity index (χ1) is 14.8. The van der Waals surface area contributed by atoms with Crippen molar-refractivity contribution in [3.05, 3.63) is 89.0 Å². The van der Waals surface area contributed by atoms with E-state index in [1.54, 1.807) is 19.4 Å². The zero-order valence-electron chi connectivity index (χ0n) is 16.3. The number of halogens is 3. The number of ether oxygens (including phenoxy) is 1. The van der Waals surface area contributed by atoms with Gasteiger partial charge in [-0.15, -0.1) is 13.2 Å². The van der Waals surface area contributed by atoms with Crippen molar-refractivity contribution in [2.75, 3.05) is 7.05 Å². The lowest BCUT2D eigenvalue weighted by Gasteiger charge is -2.15. The Balaban J connectivity index is 2.07. The highest BCUT2D eigenvalue weighted by molar-refractivity contribution is 7.99. The van der Waals surface area contributed by atoms with Gasteiger partial charge in [0, 0.05) is 58.3 Å². The van der Waals surface area contributed by atoms with Crippen LogP contribution in [0.15, 0.2) is 87.6 Å². The van der Waals surface area contributed by atoms with Crippen molar-refractivity contribution in [1.29, 1.82) is 5.41 Å². The lowest BCUT2D eigenvalue weighted by Crippen LogP contribution is -2.19. The molecule has 0 spiro atoms. The molecular weight excluding hydrogens is 427 g/mol. The summed E-state index contributed by atoms with van der Waals surface area (Å²) in [6.45, 7) is 0. The fourth-order valence-electron chi connectivity index (χ4n) is 2.80. The summed E-state index contributed by atoms with van der Waals surface area (Å²) >= 11 is 1.38. The highest BCUT2D eigenvalue weighted by Crippen LogP contribution is 2.33. The Morgan fingerprint density at radius 3 is 2.39 bits per heavy atom. The van der Waals surface area contributed by atoms with Crippen molar-refractivity contribution in [2.45, 2.75) is 16.2 Å². The fourth-order valence-corrected chi connectivity index (χ4v) is 3.78. The predicted octanol–water partition coefficient (Wildman–Crippen LogP) is 5.10. The van der Waals surface area contributed by atoms with Gasteiger partial charge in [-0.1, -0.05) is 30.0 Å². The molecule has 0 radical (unpaired) electrons. The van der Waals surface area contributed by atoms with E-state index in [2.05, 4.69) is 10.1 Å². The Bertz CT molecular complexity index is 1140. The van der Waals surface area contributed by atoms with Gasteiger partial charge in [0.2, 0.25) is 0 Å². The van der Waals surface area contributed by atoms with E-state index in [0.717, 1.165) is 23.2 Å². The maximum absolute atomic E-state index is 12.8. The zero-order valence-corrected chi connectivity index (χ0v) is 17.1. The molecule has 31 heavy (non-hydrogen) atoms. The van der Waals surface area contributed by atoms with Crippen molar-refractivity contribution in [3.63, 3.8) is 0 Å². The molecule has 0 aliphatic heterocycles. The SMILES string of the molecule is CN/C=C(\C=N)c1cn(-c2ccc(OC(F)(F)F)cc2)c(=O)cc1Sc1ccccc1. The Labute approximate surface area is 180 Å². The topological polar surface area (TPSA) is 67.1 Å². The molecule has 1 heterocycles. The van der Waals surface area contributed by atoms with E-state index in [0.29, 0.717) is 21.7 Å². The molecule has 2 aromatic carbocycles. The maximum atomic E-state index is 12.8. The van der Waals surface area contributed by atoms with Crippen LogP contribution in [0.3, 0.4) is 0 Å². The minimum absolute atomic E-state index is 0.361. The average Bonchev–Trinajstić information content (AvgIpc) is 2.73. The lowest BCUT2D eigenvalue weighted by atomic mass is 10.1. The number of pyridine rings is 1. The number of nitrogens with zero attached hydrogens (tertiary/aromatic N) is 1. The van der Waals surface area contributed by atoms with Crippen LogP contribution in [0.5, 0.6) is 5.75 Å². The number of allylic oxidation sites excluding steroid dienone is 1. The third kappa shape index (κ3) is 5.79. The van der Waals surface area contributed by atoms with Gasteiger partial charge in [-0.2, -0.15) is 0 Å². The predicted molar refractivity (Wildman–Crippen MR) is 115 cm³/mol. The summed E-state index contributed by atoms with van der Waals surface area (Å²) in [6, 6.07) is 15.9. The van der Waals surface area contributed by atoms with E-state index < -0.39 is 6.36 Å². The monoisotopic (exact) mass is 445 g/mol. The molecular formula is C22H18F3N3O2S. The average molecular weight is 445 g/mol. The molecule has 1 aromatic heterocycles. The summed E-state index contributed by atoms with van der Waals surface area (Å²) in [5.41, 5.74) is 1.16. The Morgan fingerprint density at radius 2 is 1.81 bits per heavy atom. The van der Waals surface area contributed by atoms with Gasteiger partial charge in [-0.25, -0.2) is 0 Å². The molecule has 5 nitrogen and oxygen atoms in total. The molecule has 3 aromatic rings. The zero-order chi connectivity index (χ0) is 22.4. The summed E-state index contributed by atoms with van der Waals surface area (Å²) in [6.07, 6.45) is -0.428. The van der Waals surface area contributed by atoms with Crippen LogP contribution in [0.2, 0.25) is 0 Å². The summed E-state index contributed by atoms with van der Waals surface area (Å²) in [5, 5.41) is 10.6. The normalized spacial score (nSPS) is 11.8. The van der Waals surface area contributed by atoms with Crippen LogP contribution in [-0.4, -0.2) is 24.2 Å². The van der Waals surface area contributed by atoms with E-state index in [4.69, 9.17) is 5.41 Å². The Morgan fingerprint density at radius 1 is 1.13 bits per heavy atom. The highest BCUT2D eigenvalue weighted by atomic mass is 32.2. The first-order valence-corrected chi connectivity index (χ1v) is 9.86. The molecule has 2 N–H and O–H groups in total. The second-order valence-corrected chi connectivity index (χ2v) is 7.36. The lowest BCUT2D eigenvalue weighted by molar-refractivity contribution is -0.274. The molecule has 0 aliphatic rings. The summed E-state index contributed by atoms with van der Waals surface area (Å²) in [4.78, 5) is 14.4. The smallest absolute Gasteiger partial charge is 0.406 e. The Kier molecular flexibility index (Phi) is 6.86. The van der Waals surface area contributed by atoms with Crippen LogP contribution >= 0.6 is 11.8 Å². The van der Waals surface area contributed by atoms with Gasteiger partial charge in [0.25, 0.3) is 5.56 Å². The minimum atomic E-state index is -4.79. The van der Waals surface area contributed by atoms with Crippen molar-refractivity contribution >= 4 is 23.5 Å². The van der Waals surface area contributed by atoms with Gasteiger partial charge in [-0.3, -0.25) is 9.36 Å². The molecule has 160 valence electrons. The van der Waals surface area contributed by atoms with Crippen molar-refractivity contribution in [3.8, 4) is 11.4 Å². The fraction of sp³-hybridized carbons (Fsp3) is 0.0909. The second-order valence-electron chi connectivity index (χ2n) is 6.25. The van der Waals surface area contributed by atoms with Crippen molar-refractivity contribution in [1.82, 2.24) is 9.88 Å². The molecule has 0 bridgehead atoms. The van der Waals surface area contributed by atoms with E-state index >= 15 is 0 Å². The van der Waals surface area contributed by atoms with Crippen LogP contribution < -0.4 is 15.6 Å². The van der Waals surface area contributed by atoms with Crippen molar-refractivity contribution in [2.24, 2.45) is 0 Å². The van der Waals surface area contributed by atoms with E-state index in [9.17, 15) is 18.0 Å². The van der Waals surface area contributed by atoms with Crippen molar-refractivity contribution < 1.29 is 17.9 Å². The van der Waals surface area contributed by atoms with Crippen LogP contribution in [0, 0.1) is 5.41 Å². The standard InChI is InChI=1S/C22H18F3N3O2S/c1-27-13-15(12-26)19-14-28(16-7-9-17(10-8-16)30-22(23,24)25)21(29)11-20(19)31-18-5-3-2-4-6-18/h2-14,26-27H,1H3/b15-13+,26-12?. The number of hydrogen-bond acceptors (Lipinski definition) is 5. The quantitative estimate of drug-likeness (QED) is 0.497. The molecule has 0 saturated heterocycles. The molecule has 0 amide bonds. The number of rotatable bonds is 7. The second kappa shape index (κ2) is 9.57. The molecule has 0 atom stereocenters. The molecule has 0 fully saturated rings. The summed E-state index contributed by atoms with van der Waals surface area (Å²) in [5.74, 6) is -0.379. The maximum Gasteiger partial charge on any atom is 0.573 e. The molecule has 3 rings (SSSR count). The van der Waals surface area contributed by atoms with Gasteiger partial charge < -0.3 is 15.5 Å². The van der Waals surface area contributed by atoms with E-state index in [1.165, 1.54) is 34.5 Å². The van der Waals surface area contributed by atoms with Crippen LogP contribution in [0.25, 0.3) is 11.3 Å². The first-order valence-electron chi connectivity index (χ1n) is 9.05. The van der Waals surface area contributed by atoms with Gasteiger partial charge >= 0.3 is 6.36 Å². The number of benzene rings is 2. The molecule has 9 heteroatoms. The number of hydrogen-bond donors (Lipinski definition) is 2. The van der Waals surface area contributed by atoms with Crippen LogP contribution in [0.1, 0.15) is 5.56 Å². The number of aromatic nitrogens is 1. The van der Waals surface area contributed by atoms with Gasteiger partial charge in [0.1, 0.15) is 5.75 Å². The first kappa shape index (κ1) is 22.2. The number of nitrogens with one attached hydrogen (secondary N) is 2. The minimum Gasteiger partial charge on any atom is -0.406 e. The van der Waals surface area contributed by atoms with Gasteiger partial charge in [0.15, 0.2) is 0 Å². The molecule has 0 unspecified atom stereocenters. The third-order valence-corrected chi connectivity index (χ3v) is 5.17. The van der Waals surface area contributed by atoms with Crippen LogP contribution in [0.4, 0.5) is 13.2 Å². The number of alkyl halides is 3. The third-order valence-electron chi connectivity index (χ3n) is 4.10. The molecule has 0 saturated carbocycles. The van der Waals surface area contributed by atoms with E-state index in [1.807, 2.05) is 30.3 Å². The van der Waals surface area contributed by atoms with E-state index in [-0.39, 0.29) is 11.3 Å². The van der Waals surface area contributed by atoms with Gasteiger partial charge in [0.05, 0.1) is 0 Å². The highest BCUT2D eigenvalue weighted by Gasteiger charge is 2.31. The van der Waals surface area contributed by atoms with Gasteiger partial charge in [-0.05, 0) is 36.4 Å². The summed E-state index contributed by atoms with van der Waals surface area (Å²) < 4.78 is 42.4. The van der Waals surface area contributed by atoms with Crippen LogP contribution in [-0.2, 0) is 0 Å². The summed E-state index contributed by atoms with van der Waals surface area (Å²) in [7, 11) is 1.70. The largest absolute Gasteiger partial charge is 0.573 e. The molecule has 0 aliphatic carbocycles. The Hall–Kier alpha value is -3.46.